The zero-order valence-corrected chi connectivity index (χ0v) is 11.9. The fraction of sp³-hybridized carbons (Fsp3) is 1.00. The number of hydrogen-bond donors (Lipinski definition) is 1. The third-order valence-corrected chi connectivity index (χ3v) is 2.96. The quantitative estimate of drug-likeness (QED) is 0.366. The van der Waals surface area contributed by atoms with Crippen LogP contribution in [0.4, 0.5) is 0 Å². The van der Waals surface area contributed by atoms with Crippen molar-refractivity contribution in [3.8, 4) is 0 Å². The molecule has 0 radical (unpaired) electrons. The Hall–Kier alpha value is -0.160. The molecule has 0 fully saturated rings. The lowest BCUT2D eigenvalue weighted by Gasteiger charge is -2.25. The molecular weight excluding hydrogens is 220 g/mol. The minimum atomic E-state index is -0.538. The van der Waals surface area contributed by atoms with E-state index in [2.05, 4.69) is 13.8 Å². The second kappa shape index (κ2) is 8.86. The van der Waals surface area contributed by atoms with Gasteiger partial charge in [0, 0.05) is 6.42 Å². The van der Waals surface area contributed by atoms with E-state index in [1.54, 1.807) is 0 Å². The maximum atomic E-state index is 9.54. The molecule has 104 valence electrons. The summed E-state index contributed by atoms with van der Waals surface area (Å²) >= 11 is 0. The zero-order valence-electron chi connectivity index (χ0n) is 11.9. The highest BCUT2D eigenvalue weighted by molar-refractivity contribution is 4.71. The van der Waals surface area contributed by atoms with Crippen LogP contribution in [0.15, 0.2) is 0 Å². The van der Waals surface area contributed by atoms with Gasteiger partial charge in [-0.25, -0.2) is 9.78 Å². The minimum absolute atomic E-state index is 0.368. The van der Waals surface area contributed by atoms with Crippen molar-refractivity contribution in [2.24, 2.45) is 5.92 Å². The third kappa shape index (κ3) is 8.55. The molecule has 0 aliphatic carbocycles. The smallest absolute Gasteiger partial charge is 0.104 e. The van der Waals surface area contributed by atoms with Gasteiger partial charge in [-0.1, -0.05) is 38.7 Å². The summed E-state index contributed by atoms with van der Waals surface area (Å²) in [7, 11) is 0. The van der Waals surface area contributed by atoms with Crippen LogP contribution in [0.25, 0.3) is 0 Å². The first-order valence-corrected chi connectivity index (χ1v) is 6.60. The van der Waals surface area contributed by atoms with Crippen molar-refractivity contribution in [3.63, 3.8) is 0 Å². The molecule has 17 heavy (non-hydrogen) atoms. The second-order valence-electron chi connectivity index (χ2n) is 5.14. The van der Waals surface area contributed by atoms with Crippen LogP contribution in [-0.2, 0) is 14.8 Å². The highest BCUT2D eigenvalue weighted by atomic mass is 17.5. The molecule has 0 saturated heterocycles. The Morgan fingerprint density at radius 1 is 1.06 bits per heavy atom. The predicted octanol–water partition coefficient (Wildman–Crippen LogP) is 3.24. The fourth-order valence-corrected chi connectivity index (χ4v) is 1.51. The Labute approximate surface area is 105 Å². The topological polar surface area (TPSA) is 47.9 Å². The average molecular weight is 248 g/mol. The standard InChI is InChI=1S/C13H28O4/c1-6-11(7-2)10-15-17-16-13(4,5)9-12(14)8-3/h11-12,14H,6-10H2,1-5H3. The SMILES string of the molecule is CCC(O)CC(C)(C)OOOCC(CC)CC. The van der Waals surface area contributed by atoms with Crippen molar-refractivity contribution < 1.29 is 19.9 Å². The summed E-state index contributed by atoms with van der Waals surface area (Å²) < 4.78 is 0. The molecule has 0 aromatic rings. The molecule has 1 unspecified atom stereocenters. The second-order valence-corrected chi connectivity index (χ2v) is 5.14. The van der Waals surface area contributed by atoms with Crippen molar-refractivity contribution in [1.82, 2.24) is 0 Å². The van der Waals surface area contributed by atoms with Gasteiger partial charge in [-0.05, 0) is 26.2 Å². The van der Waals surface area contributed by atoms with Gasteiger partial charge in [0.15, 0.2) is 0 Å². The van der Waals surface area contributed by atoms with Crippen LogP contribution < -0.4 is 0 Å². The van der Waals surface area contributed by atoms with Gasteiger partial charge in [0.2, 0.25) is 0 Å². The molecule has 0 saturated carbocycles. The molecular formula is C13H28O4. The van der Waals surface area contributed by atoms with Crippen LogP contribution in [0, 0.1) is 5.92 Å². The molecule has 1 atom stereocenters. The van der Waals surface area contributed by atoms with E-state index in [0.29, 0.717) is 25.4 Å². The van der Waals surface area contributed by atoms with E-state index >= 15 is 0 Å². The number of aliphatic hydroxyl groups is 1. The summed E-state index contributed by atoms with van der Waals surface area (Å²) in [6.45, 7) is 10.5. The Morgan fingerprint density at radius 2 is 1.65 bits per heavy atom. The lowest BCUT2D eigenvalue weighted by molar-refractivity contribution is -0.543. The van der Waals surface area contributed by atoms with E-state index in [1.807, 2.05) is 20.8 Å². The van der Waals surface area contributed by atoms with E-state index in [-0.39, 0.29) is 6.10 Å². The Bertz CT molecular complexity index is 178. The van der Waals surface area contributed by atoms with Gasteiger partial charge in [-0.2, -0.15) is 0 Å². The molecule has 0 amide bonds. The van der Waals surface area contributed by atoms with Gasteiger partial charge >= 0.3 is 0 Å². The first kappa shape index (κ1) is 16.8. The molecule has 0 aromatic carbocycles. The summed E-state index contributed by atoms with van der Waals surface area (Å²) in [5.41, 5.74) is -0.538. The molecule has 0 bridgehead atoms. The third-order valence-electron chi connectivity index (χ3n) is 2.96. The Morgan fingerprint density at radius 3 is 2.12 bits per heavy atom. The van der Waals surface area contributed by atoms with Gasteiger partial charge in [0.1, 0.15) is 5.60 Å². The molecule has 0 spiro atoms. The van der Waals surface area contributed by atoms with Crippen molar-refractivity contribution in [2.45, 2.75) is 72.0 Å². The summed E-state index contributed by atoms with van der Waals surface area (Å²) in [6, 6.07) is 0. The zero-order chi connectivity index (χ0) is 13.3. The summed E-state index contributed by atoms with van der Waals surface area (Å²) in [5.74, 6) is 0.503. The fourth-order valence-electron chi connectivity index (χ4n) is 1.51. The number of aliphatic hydroxyl groups excluding tert-OH is 1. The van der Waals surface area contributed by atoms with Crippen LogP contribution in [0.3, 0.4) is 0 Å². The maximum absolute atomic E-state index is 9.54. The molecule has 0 aliphatic rings. The van der Waals surface area contributed by atoms with Crippen molar-refractivity contribution in [3.05, 3.63) is 0 Å². The van der Waals surface area contributed by atoms with E-state index < -0.39 is 5.60 Å². The number of rotatable bonds is 10. The van der Waals surface area contributed by atoms with Crippen LogP contribution >= 0.6 is 0 Å². The van der Waals surface area contributed by atoms with Gasteiger partial charge in [0.25, 0.3) is 0 Å². The van der Waals surface area contributed by atoms with E-state index in [0.717, 1.165) is 12.8 Å². The van der Waals surface area contributed by atoms with Gasteiger partial charge in [-0.3, -0.25) is 0 Å². The molecule has 0 aromatic heterocycles. The lowest BCUT2D eigenvalue weighted by atomic mass is 10.00. The molecule has 4 nitrogen and oxygen atoms in total. The first-order valence-electron chi connectivity index (χ1n) is 6.60. The summed E-state index contributed by atoms with van der Waals surface area (Å²) in [6.07, 6.45) is 3.00. The summed E-state index contributed by atoms with van der Waals surface area (Å²) in [5, 5.41) is 14.3. The minimum Gasteiger partial charge on any atom is -0.393 e. The van der Waals surface area contributed by atoms with Gasteiger partial charge in [-0.15, -0.1) is 0 Å². The van der Waals surface area contributed by atoms with Crippen LogP contribution in [0.5, 0.6) is 0 Å². The van der Waals surface area contributed by atoms with Gasteiger partial charge < -0.3 is 5.11 Å². The van der Waals surface area contributed by atoms with Crippen LogP contribution in [-0.4, -0.2) is 23.4 Å². The predicted molar refractivity (Wildman–Crippen MR) is 67.2 cm³/mol. The molecule has 1 N–H and O–H groups in total. The average Bonchev–Trinajstić information content (AvgIpc) is 2.28. The molecule has 0 rings (SSSR count). The summed E-state index contributed by atoms with van der Waals surface area (Å²) in [4.78, 5) is 10.2. The highest BCUT2D eigenvalue weighted by Crippen LogP contribution is 2.19. The lowest BCUT2D eigenvalue weighted by Crippen LogP contribution is -2.30. The molecule has 0 aliphatic heterocycles. The van der Waals surface area contributed by atoms with Gasteiger partial charge in [0.05, 0.1) is 12.7 Å². The van der Waals surface area contributed by atoms with Crippen molar-refractivity contribution >= 4 is 0 Å². The largest absolute Gasteiger partial charge is 0.393 e. The Kier molecular flexibility index (Phi) is 8.78. The van der Waals surface area contributed by atoms with E-state index in [9.17, 15) is 5.11 Å². The van der Waals surface area contributed by atoms with Crippen LogP contribution in [0.1, 0.15) is 60.3 Å². The maximum Gasteiger partial charge on any atom is 0.104 e. The number of hydrogen-bond acceptors (Lipinski definition) is 4. The highest BCUT2D eigenvalue weighted by Gasteiger charge is 2.24. The Balaban J connectivity index is 3.71. The normalized spacial score (nSPS) is 14.3. The molecule has 0 heterocycles. The van der Waals surface area contributed by atoms with Crippen molar-refractivity contribution in [1.29, 1.82) is 0 Å². The first-order chi connectivity index (χ1) is 7.95. The van der Waals surface area contributed by atoms with E-state index in [1.165, 1.54) is 0 Å². The van der Waals surface area contributed by atoms with E-state index in [4.69, 9.17) is 14.8 Å². The monoisotopic (exact) mass is 248 g/mol. The molecule has 4 heteroatoms. The van der Waals surface area contributed by atoms with Crippen molar-refractivity contribution in [2.75, 3.05) is 6.61 Å². The van der Waals surface area contributed by atoms with Crippen LogP contribution in [0.2, 0.25) is 0 Å².